The van der Waals surface area contributed by atoms with Crippen LogP contribution in [0, 0.1) is 25.2 Å². The Morgan fingerprint density at radius 2 is 2.00 bits per heavy atom. The van der Waals surface area contributed by atoms with Crippen LogP contribution in [0.4, 0.5) is 5.00 Å². The van der Waals surface area contributed by atoms with Crippen molar-refractivity contribution in [3.63, 3.8) is 0 Å². The van der Waals surface area contributed by atoms with Crippen LogP contribution in [0.3, 0.4) is 0 Å². The van der Waals surface area contributed by atoms with Crippen LogP contribution in [0.25, 0.3) is 11.0 Å². The molecule has 0 spiro atoms. The third-order valence-corrected chi connectivity index (χ3v) is 6.71. The van der Waals surface area contributed by atoms with Gasteiger partial charge in [0.1, 0.15) is 16.7 Å². The van der Waals surface area contributed by atoms with E-state index in [-0.39, 0.29) is 13.0 Å². The smallest absolute Gasteiger partial charge is 0.310 e. The summed E-state index contributed by atoms with van der Waals surface area (Å²) >= 11 is 1.45. The van der Waals surface area contributed by atoms with Crippen molar-refractivity contribution in [2.75, 3.05) is 11.9 Å². The lowest BCUT2D eigenvalue weighted by Crippen LogP contribution is -2.21. The minimum absolute atomic E-state index is 0.0273. The molecule has 0 saturated carbocycles. The molecule has 4 rings (SSSR count). The summed E-state index contributed by atoms with van der Waals surface area (Å²) in [5.74, 6) is -0.945. The minimum atomic E-state index is -0.503. The summed E-state index contributed by atoms with van der Waals surface area (Å²) in [6, 6.07) is 6.14. The summed E-state index contributed by atoms with van der Waals surface area (Å²) in [5.41, 5.74) is 5.29. The van der Waals surface area contributed by atoms with Crippen LogP contribution in [0.5, 0.6) is 0 Å². The highest BCUT2D eigenvalue weighted by molar-refractivity contribution is 7.16. The Labute approximate surface area is 178 Å². The van der Waals surface area contributed by atoms with Crippen molar-refractivity contribution < 1.29 is 18.7 Å². The Kier molecular flexibility index (Phi) is 5.60. The number of aryl methyl sites for hydroxylation is 3. The van der Waals surface area contributed by atoms with E-state index in [9.17, 15) is 14.9 Å². The number of thiophene rings is 1. The number of ether oxygens (including phenoxy) is 1. The van der Waals surface area contributed by atoms with Gasteiger partial charge in [0.15, 0.2) is 6.61 Å². The molecule has 30 heavy (non-hydrogen) atoms. The van der Waals surface area contributed by atoms with Gasteiger partial charge in [-0.05, 0) is 68.4 Å². The summed E-state index contributed by atoms with van der Waals surface area (Å²) in [6.07, 6.45) is 5.56. The van der Waals surface area contributed by atoms with Crippen molar-refractivity contribution in [3.05, 3.63) is 51.1 Å². The van der Waals surface area contributed by atoms with Gasteiger partial charge in [-0.15, -0.1) is 11.3 Å². The molecule has 0 radical (unpaired) electrons. The van der Waals surface area contributed by atoms with E-state index in [0.717, 1.165) is 58.9 Å². The van der Waals surface area contributed by atoms with E-state index in [2.05, 4.69) is 11.4 Å². The number of carbonyl (C=O) groups is 2. The largest absolute Gasteiger partial charge is 0.464 e. The van der Waals surface area contributed by atoms with E-state index in [1.54, 1.807) is 6.26 Å². The number of carbonyl (C=O) groups excluding carboxylic acids is 2. The Morgan fingerprint density at radius 3 is 2.80 bits per heavy atom. The average Bonchev–Trinajstić information content (AvgIpc) is 3.27. The quantitative estimate of drug-likeness (QED) is 0.607. The number of rotatable bonds is 5. The maximum absolute atomic E-state index is 12.3. The van der Waals surface area contributed by atoms with Gasteiger partial charge in [-0.2, -0.15) is 5.26 Å². The summed E-state index contributed by atoms with van der Waals surface area (Å²) in [4.78, 5) is 25.7. The van der Waals surface area contributed by atoms with Crippen LogP contribution in [0.15, 0.2) is 22.8 Å². The third-order valence-electron chi connectivity index (χ3n) is 5.51. The fourth-order valence-electron chi connectivity index (χ4n) is 3.76. The topological polar surface area (TPSA) is 92.3 Å². The molecule has 0 bridgehead atoms. The molecule has 1 N–H and O–H groups in total. The fraction of sp³-hybridized carbons (Fsp3) is 0.348. The van der Waals surface area contributed by atoms with Crippen LogP contribution < -0.4 is 5.32 Å². The molecule has 1 aliphatic rings. The van der Waals surface area contributed by atoms with E-state index >= 15 is 0 Å². The molecule has 7 heteroatoms. The number of hydrogen-bond acceptors (Lipinski definition) is 6. The first-order valence-electron chi connectivity index (χ1n) is 9.93. The first kappa shape index (κ1) is 20.2. The Balaban J connectivity index is 1.37. The highest BCUT2D eigenvalue weighted by Gasteiger charge is 2.22. The fourth-order valence-corrected chi connectivity index (χ4v) is 5.02. The summed E-state index contributed by atoms with van der Waals surface area (Å²) < 4.78 is 10.7. The number of esters is 1. The Morgan fingerprint density at radius 1 is 1.23 bits per heavy atom. The zero-order valence-electron chi connectivity index (χ0n) is 17.0. The minimum Gasteiger partial charge on any atom is -0.464 e. The molecule has 6 nitrogen and oxygen atoms in total. The number of nitrogens with one attached hydrogen (secondary N) is 1. The predicted molar refractivity (Wildman–Crippen MR) is 115 cm³/mol. The van der Waals surface area contributed by atoms with Gasteiger partial charge >= 0.3 is 5.97 Å². The summed E-state index contributed by atoms with van der Waals surface area (Å²) in [7, 11) is 0. The molecule has 0 aliphatic heterocycles. The first-order chi connectivity index (χ1) is 14.5. The number of furan rings is 1. The second-order valence-electron chi connectivity index (χ2n) is 7.61. The number of amides is 1. The normalized spacial score (nSPS) is 13.0. The van der Waals surface area contributed by atoms with Crippen LogP contribution >= 0.6 is 11.3 Å². The second-order valence-corrected chi connectivity index (χ2v) is 8.71. The van der Waals surface area contributed by atoms with Gasteiger partial charge in [0.2, 0.25) is 0 Å². The van der Waals surface area contributed by atoms with Crippen molar-refractivity contribution in [1.29, 1.82) is 5.26 Å². The van der Waals surface area contributed by atoms with Gasteiger partial charge in [-0.3, -0.25) is 9.59 Å². The standard InChI is InChI=1S/C23H22N2O4S/c1-13-7-17-15(11-28-19(17)8-14(13)2)9-22(27)29-12-21(26)25-23-18(10-24)16-5-3-4-6-20(16)30-23/h7-8,11H,3-6,9,12H2,1-2H3,(H,25,26). The van der Waals surface area contributed by atoms with E-state index in [1.165, 1.54) is 16.2 Å². The lowest BCUT2D eigenvalue weighted by Gasteiger charge is -2.09. The predicted octanol–water partition coefficient (Wildman–Crippen LogP) is 4.59. The molecule has 0 saturated heterocycles. The van der Waals surface area contributed by atoms with Crippen LogP contribution in [-0.2, 0) is 33.6 Å². The number of nitriles is 1. The van der Waals surface area contributed by atoms with Gasteiger partial charge in [0, 0.05) is 15.8 Å². The zero-order valence-corrected chi connectivity index (χ0v) is 17.8. The molecule has 0 unspecified atom stereocenters. The van der Waals surface area contributed by atoms with Crippen molar-refractivity contribution in [2.45, 2.75) is 46.0 Å². The van der Waals surface area contributed by atoms with Crippen LogP contribution in [0.1, 0.15) is 45.5 Å². The Bertz CT molecular complexity index is 1180. The van der Waals surface area contributed by atoms with Gasteiger partial charge in [-0.25, -0.2) is 0 Å². The summed E-state index contributed by atoms with van der Waals surface area (Å²) in [6.45, 7) is 3.62. The molecular formula is C23H22N2O4S. The van der Waals surface area contributed by atoms with Crippen molar-refractivity contribution >= 4 is 39.2 Å². The number of fused-ring (bicyclic) bond motifs is 2. The molecular weight excluding hydrogens is 400 g/mol. The second kappa shape index (κ2) is 8.33. The van der Waals surface area contributed by atoms with Gasteiger partial charge in [-0.1, -0.05) is 0 Å². The molecule has 1 aromatic carbocycles. The van der Waals surface area contributed by atoms with Crippen molar-refractivity contribution in [2.24, 2.45) is 0 Å². The van der Waals surface area contributed by atoms with E-state index in [1.807, 2.05) is 26.0 Å². The average molecular weight is 423 g/mol. The van der Waals surface area contributed by atoms with Crippen molar-refractivity contribution in [1.82, 2.24) is 0 Å². The van der Waals surface area contributed by atoms with E-state index in [4.69, 9.17) is 9.15 Å². The SMILES string of the molecule is Cc1cc2occ(CC(=O)OCC(=O)Nc3sc4c(c3C#N)CCCC4)c2cc1C. The monoisotopic (exact) mass is 422 g/mol. The summed E-state index contributed by atoms with van der Waals surface area (Å²) in [5, 5.41) is 13.6. The lowest BCUT2D eigenvalue weighted by molar-refractivity contribution is -0.146. The zero-order chi connectivity index (χ0) is 21.3. The van der Waals surface area contributed by atoms with Crippen molar-refractivity contribution in [3.8, 4) is 6.07 Å². The van der Waals surface area contributed by atoms with E-state index in [0.29, 0.717) is 10.6 Å². The number of anilines is 1. The molecule has 0 atom stereocenters. The molecule has 1 aliphatic carbocycles. The van der Waals surface area contributed by atoms with E-state index < -0.39 is 11.9 Å². The highest BCUT2D eigenvalue weighted by Crippen LogP contribution is 2.37. The van der Waals surface area contributed by atoms with Gasteiger partial charge < -0.3 is 14.5 Å². The van der Waals surface area contributed by atoms with Crippen LogP contribution in [0.2, 0.25) is 0 Å². The lowest BCUT2D eigenvalue weighted by atomic mass is 9.96. The molecule has 1 amide bonds. The number of benzene rings is 1. The maximum atomic E-state index is 12.3. The third kappa shape index (κ3) is 3.96. The first-order valence-corrected chi connectivity index (χ1v) is 10.8. The highest BCUT2D eigenvalue weighted by atomic mass is 32.1. The number of nitrogens with zero attached hydrogens (tertiary/aromatic N) is 1. The van der Waals surface area contributed by atoms with Crippen LogP contribution in [-0.4, -0.2) is 18.5 Å². The number of hydrogen-bond donors (Lipinski definition) is 1. The maximum Gasteiger partial charge on any atom is 0.310 e. The molecule has 3 aromatic rings. The van der Waals surface area contributed by atoms with Gasteiger partial charge in [0.25, 0.3) is 5.91 Å². The molecule has 154 valence electrons. The molecule has 2 aromatic heterocycles. The van der Waals surface area contributed by atoms with Gasteiger partial charge in [0.05, 0.1) is 18.2 Å². The Hall–Kier alpha value is -3.11. The molecule has 0 fully saturated rings. The molecule has 2 heterocycles.